The lowest BCUT2D eigenvalue weighted by molar-refractivity contribution is -0.137. The van der Waals surface area contributed by atoms with Crippen LogP contribution in [0.3, 0.4) is 0 Å². The highest BCUT2D eigenvalue weighted by Gasteiger charge is 1.96. The summed E-state index contributed by atoms with van der Waals surface area (Å²) in [5, 5.41) is 0. The van der Waals surface area contributed by atoms with E-state index in [0.717, 1.165) is 6.29 Å². The molecular formula is C9H14O3. The number of aldehydes is 1. The average molecular weight is 170 g/mol. The Hall–Kier alpha value is -1.12. The van der Waals surface area contributed by atoms with Crippen molar-refractivity contribution < 1.29 is 14.3 Å². The first kappa shape index (κ1) is 10.9. The van der Waals surface area contributed by atoms with Gasteiger partial charge in [0.2, 0.25) is 0 Å². The second kappa shape index (κ2) is 6.58. The Morgan fingerprint density at radius 2 is 2.25 bits per heavy atom. The Morgan fingerprint density at radius 3 is 2.75 bits per heavy atom. The predicted molar refractivity (Wildman–Crippen MR) is 45.6 cm³/mol. The van der Waals surface area contributed by atoms with Crippen molar-refractivity contribution in [2.75, 3.05) is 6.61 Å². The predicted octanol–water partition coefficient (Wildman–Crippen LogP) is 1.33. The van der Waals surface area contributed by atoms with Crippen molar-refractivity contribution in [2.24, 2.45) is 5.92 Å². The van der Waals surface area contributed by atoms with Crippen molar-refractivity contribution >= 4 is 12.3 Å². The Bertz CT molecular complexity index is 173. The van der Waals surface area contributed by atoms with Crippen LogP contribution in [0.2, 0.25) is 0 Å². The molecule has 0 bridgehead atoms. The van der Waals surface area contributed by atoms with Crippen LogP contribution in [0.5, 0.6) is 0 Å². The quantitative estimate of drug-likeness (QED) is 0.355. The van der Waals surface area contributed by atoms with Crippen LogP contribution >= 0.6 is 0 Å². The van der Waals surface area contributed by atoms with Gasteiger partial charge in [0.05, 0.1) is 6.61 Å². The highest BCUT2D eigenvalue weighted by molar-refractivity contribution is 5.81. The van der Waals surface area contributed by atoms with E-state index in [4.69, 9.17) is 0 Å². The number of esters is 1. The number of allylic oxidation sites excluding steroid dienone is 1. The van der Waals surface area contributed by atoms with Crippen LogP contribution in [0.4, 0.5) is 0 Å². The zero-order chi connectivity index (χ0) is 9.40. The molecule has 0 amide bonds. The zero-order valence-electron chi connectivity index (χ0n) is 7.45. The normalized spacial score (nSPS) is 12.8. The first-order chi connectivity index (χ1) is 5.70. The zero-order valence-corrected chi connectivity index (χ0v) is 7.45. The molecule has 1 unspecified atom stereocenters. The van der Waals surface area contributed by atoms with E-state index in [1.165, 1.54) is 6.08 Å². The van der Waals surface area contributed by atoms with E-state index in [1.807, 2.05) is 0 Å². The van der Waals surface area contributed by atoms with Gasteiger partial charge in [-0.1, -0.05) is 13.0 Å². The van der Waals surface area contributed by atoms with Crippen LogP contribution in [-0.2, 0) is 14.3 Å². The minimum Gasteiger partial charge on any atom is -0.463 e. The third kappa shape index (κ3) is 5.65. The molecule has 0 aromatic rings. The van der Waals surface area contributed by atoms with Gasteiger partial charge in [-0.25, -0.2) is 4.79 Å². The SMILES string of the molecule is CCOC(=O)/C=C/CC(C)C=O. The molecule has 0 saturated carbocycles. The van der Waals surface area contributed by atoms with Crippen LogP contribution in [-0.4, -0.2) is 18.9 Å². The third-order valence-electron chi connectivity index (χ3n) is 1.28. The maximum atomic E-state index is 10.7. The molecule has 0 spiro atoms. The van der Waals surface area contributed by atoms with Gasteiger partial charge in [0.25, 0.3) is 0 Å². The fourth-order valence-electron chi connectivity index (χ4n) is 0.625. The van der Waals surface area contributed by atoms with Crippen LogP contribution < -0.4 is 0 Å². The lowest BCUT2D eigenvalue weighted by Gasteiger charge is -1.96. The molecular weight excluding hydrogens is 156 g/mol. The summed E-state index contributed by atoms with van der Waals surface area (Å²) in [6.07, 6.45) is 4.44. The second-order valence-corrected chi connectivity index (χ2v) is 2.50. The highest BCUT2D eigenvalue weighted by Crippen LogP contribution is 1.98. The van der Waals surface area contributed by atoms with Crippen LogP contribution in [0.25, 0.3) is 0 Å². The molecule has 68 valence electrons. The van der Waals surface area contributed by atoms with Gasteiger partial charge in [-0.2, -0.15) is 0 Å². The summed E-state index contributed by atoms with van der Waals surface area (Å²) in [6, 6.07) is 0. The van der Waals surface area contributed by atoms with Gasteiger partial charge in [0.15, 0.2) is 0 Å². The molecule has 1 atom stereocenters. The van der Waals surface area contributed by atoms with Crippen molar-refractivity contribution in [3.05, 3.63) is 12.2 Å². The largest absolute Gasteiger partial charge is 0.463 e. The van der Waals surface area contributed by atoms with Gasteiger partial charge >= 0.3 is 5.97 Å². The minimum absolute atomic E-state index is 0.0318. The van der Waals surface area contributed by atoms with Crippen molar-refractivity contribution in [1.29, 1.82) is 0 Å². The molecule has 0 heterocycles. The minimum atomic E-state index is -0.351. The van der Waals surface area contributed by atoms with Crippen molar-refractivity contribution in [1.82, 2.24) is 0 Å². The fourth-order valence-corrected chi connectivity index (χ4v) is 0.625. The van der Waals surface area contributed by atoms with Crippen LogP contribution in [0.15, 0.2) is 12.2 Å². The van der Waals surface area contributed by atoms with Gasteiger partial charge in [-0.3, -0.25) is 0 Å². The van der Waals surface area contributed by atoms with E-state index in [1.54, 1.807) is 19.9 Å². The molecule has 0 radical (unpaired) electrons. The van der Waals surface area contributed by atoms with E-state index in [0.29, 0.717) is 13.0 Å². The topological polar surface area (TPSA) is 43.4 Å². The van der Waals surface area contributed by atoms with Gasteiger partial charge in [-0.15, -0.1) is 0 Å². The molecule has 0 rings (SSSR count). The van der Waals surface area contributed by atoms with E-state index in [-0.39, 0.29) is 11.9 Å². The standard InChI is InChI=1S/C9H14O3/c1-3-12-9(11)6-4-5-8(2)7-10/h4,6-8H,3,5H2,1-2H3/b6-4+. The molecule has 0 aromatic heterocycles. The van der Waals surface area contributed by atoms with Crippen molar-refractivity contribution in [3.63, 3.8) is 0 Å². The number of carbonyl (C=O) groups excluding carboxylic acids is 2. The molecule has 3 nitrogen and oxygen atoms in total. The van der Waals surface area contributed by atoms with E-state index < -0.39 is 0 Å². The first-order valence-electron chi connectivity index (χ1n) is 3.99. The number of rotatable bonds is 5. The van der Waals surface area contributed by atoms with Gasteiger partial charge in [-0.05, 0) is 13.3 Å². The number of hydrogen-bond acceptors (Lipinski definition) is 3. The molecule has 12 heavy (non-hydrogen) atoms. The lowest BCUT2D eigenvalue weighted by Crippen LogP contribution is -1.99. The Labute approximate surface area is 72.4 Å². The molecule has 0 N–H and O–H groups in total. The van der Waals surface area contributed by atoms with Crippen molar-refractivity contribution in [2.45, 2.75) is 20.3 Å². The first-order valence-corrected chi connectivity index (χ1v) is 3.99. The van der Waals surface area contributed by atoms with E-state index in [2.05, 4.69) is 4.74 Å². The molecule has 0 aliphatic rings. The summed E-state index contributed by atoms with van der Waals surface area (Å²) in [6.45, 7) is 3.93. The average Bonchev–Trinajstić information content (AvgIpc) is 2.04. The molecule has 0 fully saturated rings. The lowest BCUT2D eigenvalue weighted by atomic mass is 10.1. The summed E-state index contributed by atoms with van der Waals surface area (Å²) in [4.78, 5) is 20.9. The summed E-state index contributed by atoms with van der Waals surface area (Å²) >= 11 is 0. The Morgan fingerprint density at radius 1 is 1.58 bits per heavy atom. The number of hydrogen-bond donors (Lipinski definition) is 0. The van der Waals surface area contributed by atoms with Crippen LogP contribution in [0.1, 0.15) is 20.3 Å². The van der Waals surface area contributed by atoms with Gasteiger partial charge in [0, 0.05) is 12.0 Å². The monoisotopic (exact) mass is 170 g/mol. The summed E-state index contributed by atoms with van der Waals surface area (Å²) in [7, 11) is 0. The van der Waals surface area contributed by atoms with Crippen molar-refractivity contribution in [3.8, 4) is 0 Å². The second-order valence-electron chi connectivity index (χ2n) is 2.50. The third-order valence-corrected chi connectivity index (χ3v) is 1.28. The maximum absolute atomic E-state index is 10.7. The molecule has 0 aliphatic carbocycles. The summed E-state index contributed by atoms with van der Waals surface area (Å²) < 4.78 is 4.64. The fraction of sp³-hybridized carbons (Fsp3) is 0.556. The molecule has 0 aliphatic heterocycles. The number of carbonyl (C=O) groups is 2. The van der Waals surface area contributed by atoms with E-state index >= 15 is 0 Å². The Kier molecular flexibility index (Phi) is 5.97. The molecule has 0 aromatic carbocycles. The number of ether oxygens (including phenoxy) is 1. The van der Waals surface area contributed by atoms with Gasteiger partial charge in [0.1, 0.15) is 6.29 Å². The van der Waals surface area contributed by atoms with Crippen LogP contribution in [0, 0.1) is 5.92 Å². The summed E-state index contributed by atoms with van der Waals surface area (Å²) in [5.41, 5.74) is 0. The smallest absolute Gasteiger partial charge is 0.330 e. The van der Waals surface area contributed by atoms with Gasteiger partial charge < -0.3 is 9.53 Å². The maximum Gasteiger partial charge on any atom is 0.330 e. The highest BCUT2D eigenvalue weighted by atomic mass is 16.5. The molecule has 3 heteroatoms. The van der Waals surface area contributed by atoms with E-state index in [9.17, 15) is 9.59 Å². The Balaban J connectivity index is 3.60. The molecule has 0 saturated heterocycles. The summed E-state index contributed by atoms with van der Waals surface area (Å²) in [5.74, 6) is -0.383.